The molecule has 0 aliphatic carbocycles. The predicted octanol–water partition coefficient (Wildman–Crippen LogP) is 2.62. The molecule has 0 saturated carbocycles. The molecule has 0 aromatic carbocycles. The fourth-order valence-electron chi connectivity index (χ4n) is 1.47. The van der Waals surface area contributed by atoms with Gasteiger partial charge in [-0.3, -0.25) is 4.79 Å². The van der Waals surface area contributed by atoms with E-state index in [9.17, 15) is 4.79 Å². The summed E-state index contributed by atoms with van der Waals surface area (Å²) in [7, 11) is 0. The Kier molecular flexibility index (Phi) is 3.84. The van der Waals surface area contributed by atoms with Crippen LogP contribution in [0.1, 0.15) is 20.1 Å². The quantitative estimate of drug-likeness (QED) is 0.850. The molecule has 94 valence electrons. The van der Waals surface area contributed by atoms with Crippen molar-refractivity contribution in [3.05, 3.63) is 44.9 Å². The van der Waals surface area contributed by atoms with Gasteiger partial charge in [-0.15, -0.1) is 11.3 Å². The van der Waals surface area contributed by atoms with E-state index in [0.717, 1.165) is 4.88 Å². The zero-order valence-electron chi connectivity index (χ0n) is 9.74. The molecule has 3 N–H and O–H groups in total. The van der Waals surface area contributed by atoms with Gasteiger partial charge in [0.05, 0.1) is 24.0 Å². The number of rotatable bonds is 3. The van der Waals surface area contributed by atoms with Gasteiger partial charge >= 0.3 is 0 Å². The first-order chi connectivity index (χ1) is 8.56. The molecule has 0 atom stereocenters. The van der Waals surface area contributed by atoms with Crippen LogP contribution in [0.3, 0.4) is 0 Å². The topological polar surface area (TPSA) is 68.0 Å². The molecule has 2 aromatic heterocycles. The smallest absolute Gasteiger partial charge is 0.254 e. The first-order valence-corrected chi connectivity index (χ1v) is 6.50. The third-order valence-corrected chi connectivity index (χ3v) is 3.63. The van der Waals surface area contributed by atoms with Crippen LogP contribution in [0.5, 0.6) is 0 Å². The second kappa shape index (κ2) is 5.37. The Bertz CT molecular complexity index is 582. The van der Waals surface area contributed by atoms with Crippen LogP contribution in [-0.2, 0) is 6.54 Å². The lowest BCUT2D eigenvalue weighted by molar-refractivity contribution is 0.0951. The molecule has 0 saturated heterocycles. The van der Waals surface area contributed by atoms with Gasteiger partial charge in [0.15, 0.2) is 0 Å². The van der Waals surface area contributed by atoms with Crippen molar-refractivity contribution >= 4 is 34.5 Å². The molecule has 0 fully saturated rings. The van der Waals surface area contributed by atoms with Crippen molar-refractivity contribution in [2.24, 2.45) is 0 Å². The van der Waals surface area contributed by atoms with Gasteiger partial charge in [0, 0.05) is 9.75 Å². The Hall–Kier alpha value is -1.59. The normalized spacial score (nSPS) is 10.3. The minimum atomic E-state index is -0.272. The molecule has 2 rings (SSSR count). The number of nitrogens with one attached hydrogen (secondary N) is 1. The summed E-state index contributed by atoms with van der Waals surface area (Å²) in [6, 6.07) is 5.52. The van der Waals surface area contributed by atoms with Crippen molar-refractivity contribution in [3.8, 4) is 0 Å². The molecule has 0 bridgehead atoms. The minimum Gasteiger partial charge on any atom is -0.397 e. The number of hydrogen-bond acceptors (Lipinski definition) is 4. The number of amides is 1. The third kappa shape index (κ3) is 3.00. The minimum absolute atomic E-state index is 0.157. The molecule has 0 spiro atoms. The van der Waals surface area contributed by atoms with Crippen LogP contribution < -0.4 is 11.1 Å². The van der Waals surface area contributed by atoms with E-state index in [0.29, 0.717) is 17.8 Å². The molecule has 18 heavy (non-hydrogen) atoms. The Balaban J connectivity index is 2.05. The van der Waals surface area contributed by atoms with Gasteiger partial charge in [0.2, 0.25) is 0 Å². The maximum Gasteiger partial charge on any atom is 0.254 e. The predicted molar refractivity (Wildman–Crippen MR) is 73.9 cm³/mol. The largest absolute Gasteiger partial charge is 0.397 e. The maximum absolute atomic E-state index is 11.9. The summed E-state index contributed by atoms with van der Waals surface area (Å²) in [6.45, 7) is 2.50. The Morgan fingerprint density at radius 1 is 1.56 bits per heavy atom. The second-order valence-corrected chi connectivity index (χ2v) is 5.53. The lowest BCUT2D eigenvalue weighted by Gasteiger charge is -2.05. The molecule has 4 nitrogen and oxygen atoms in total. The summed E-state index contributed by atoms with van der Waals surface area (Å²) < 4.78 is 0. The van der Waals surface area contributed by atoms with E-state index in [1.807, 2.05) is 19.1 Å². The van der Waals surface area contributed by atoms with Gasteiger partial charge in [-0.05, 0) is 25.1 Å². The highest BCUT2D eigenvalue weighted by Gasteiger charge is 2.11. The number of nitrogen functional groups attached to an aromatic ring is 1. The number of nitrogens with two attached hydrogens (primary N) is 1. The molecule has 0 unspecified atom stereocenters. The Labute approximate surface area is 114 Å². The van der Waals surface area contributed by atoms with Crippen LogP contribution in [-0.4, -0.2) is 10.9 Å². The van der Waals surface area contributed by atoms with E-state index >= 15 is 0 Å². The van der Waals surface area contributed by atoms with Crippen molar-refractivity contribution in [2.45, 2.75) is 13.5 Å². The molecule has 0 aliphatic heterocycles. The van der Waals surface area contributed by atoms with E-state index in [1.54, 1.807) is 11.3 Å². The average Bonchev–Trinajstić information content (AvgIpc) is 2.75. The lowest BCUT2D eigenvalue weighted by Crippen LogP contribution is -2.23. The van der Waals surface area contributed by atoms with Gasteiger partial charge in [0.1, 0.15) is 5.15 Å². The fraction of sp³-hybridized carbons (Fsp3) is 0.167. The highest BCUT2D eigenvalue weighted by atomic mass is 35.5. The number of halogens is 1. The zero-order valence-corrected chi connectivity index (χ0v) is 11.3. The third-order valence-electron chi connectivity index (χ3n) is 2.32. The molecule has 6 heteroatoms. The van der Waals surface area contributed by atoms with Gasteiger partial charge in [-0.2, -0.15) is 0 Å². The Morgan fingerprint density at radius 2 is 2.33 bits per heavy atom. The number of aryl methyl sites for hydroxylation is 1. The van der Waals surface area contributed by atoms with Crippen LogP contribution in [0.15, 0.2) is 24.4 Å². The molecule has 0 aliphatic rings. The van der Waals surface area contributed by atoms with Crippen molar-refractivity contribution in [1.29, 1.82) is 0 Å². The fourth-order valence-corrected chi connectivity index (χ4v) is 2.49. The van der Waals surface area contributed by atoms with Gasteiger partial charge in [-0.25, -0.2) is 4.98 Å². The summed E-state index contributed by atoms with van der Waals surface area (Å²) in [6.07, 6.45) is 1.42. The second-order valence-electron chi connectivity index (χ2n) is 3.80. The summed E-state index contributed by atoms with van der Waals surface area (Å²) in [4.78, 5) is 18.1. The Morgan fingerprint density at radius 3 is 3.00 bits per heavy atom. The molecule has 0 radical (unpaired) electrons. The SMILES string of the molecule is Cc1ccc(CNC(=O)c2cc(N)cnc2Cl)s1. The summed E-state index contributed by atoms with van der Waals surface area (Å²) in [5, 5.41) is 2.94. The van der Waals surface area contributed by atoms with E-state index in [1.165, 1.54) is 17.1 Å². The lowest BCUT2D eigenvalue weighted by atomic mass is 10.2. The zero-order chi connectivity index (χ0) is 13.1. The van der Waals surface area contributed by atoms with Gasteiger partial charge < -0.3 is 11.1 Å². The molecule has 2 aromatic rings. The number of thiophene rings is 1. The van der Waals surface area contributed by atoms with Crippen molar-refractivity contribution in [3.63, 3.8) is 0 Å². The highest BCUT2D eigenvalue weighted by Crippen LogP contribution is 2.17. The van der Waals surface area contributed by atoms with E-state index in [2.05, 4.69) is 10.3 Å². The maximum atomic E-state index is 11.9. The standard InChI is InChI=1S/C12H12ClN3OS/c1-7-2-3-9(18-7)6-16-12(17)10-4-8(14)5-15-11(10)13/h2-5H,6,14H2,1H3,(H,16,17). The van der Waals surface area contributed by atoms with Crippen molar-refractivity contribution < 1.29 is 4.79 Å². The number of hydrogen-bond donors (Lipinski definition) is 2. The van der Waals surface area contributed by atoms with Crippen LogP contribution >= 0.6 is 22.9 Å². The van der Waals surface area contributed by atoms with Crippen LogP contribution in [0, 0.1) is 6.92 Å². The monoisotopic (exact) mass is 281 g/mol. The number of anilines is 1. The number of nitrogens with zero attached hydrogens (tertiary/aromatic N) is 1. The van der Waals surface area contributed by atoms with Gasteiger partial charge in [-0.1, -0.05) is 11.6 Å². The number of pyridine rings is 1. The van der Waals surface area contributed by atoms with E-state index in [-0.39, 0.29) is 11.1 Å². The van der Waals surface area contributed by atoms with E-state index in [4.69, 9.17) is 17.3 Å². The average molecular weight is 282 g/mol. The molecular formula is C12H12ClN3OS. The molecule has 2 heterocycles. The molecule has 1 amide bonds. The number of carbonyl (C=O) groups excluding carboxylic acids is 1. The van der Waals surface area contributed by atoms with Crippen LogP contribution in [0.25, 0.3) is 0 Å². The molecular weight excluding hydrogens is 270 g/mol. The summed E-state index contributed by atoms with van der Waals surface area (Å²) >= 11 is 7.50. The van der Waals surface area contributed by atoms with Crippen molar-refractivity contribution in [1.82, 2.24) is 10.3 Å². The summed E-state index contributed by atoms with van der Waals surface area (Å²) in [5.41, 5.74) is 6.29. The number of aromatic nitrogens is 1. The van der Waals surface area contributed by atoms with Crippen molar-refractivity contribution in [2.75, 3.05) is 5.73 Å². The summed E-state index contributed by atoms with van der Waals surface area (Å²) in [5.74, 6) is -0.272. The first-order valence-electron chi connectivity index (χ1n) is 5.31. The first kappa shape index (κ1) is 12.9. The van der Waals surface area contributed by atoms with Crippen LogP contribution in [0.4, 0.5) is 5.69 Å². The van der Waals surface area contributed by atoms with Crippen LogP contribution in [0.2, 0.25) is 5.15 Å². The number of carbonyl (C=O) groups is 1. The van der Waals surface area contributed by atoms with E-state index < -0.39 is 0 Å². The highest BCUT2D eigenvalue weighted by molar-refractivity contribution is 7.11. The van der Waals surface area contributed by atoms with Gasteiger partial charge in [0.25, 0.3) is 5.91 Å².